The zero-order chi connectivity index (χ0) is 20.8. The molecule has 0 aliphatic heterocycles. The number of hydrazine groups is 1. The SMILES string of the molecule is O.O=C(COc1ccc2ccccc2c1)NNC(=O)COc1ccc2ccccc2c1. The average Bonchev–Trinajstić information content (AvgIpc) is 2.79. The summed E-state index contributed by atoms with van der Waals surface area (Å²) < 4.78 is 11.0. The second-order valence-electron chi connectivity index (χ2n) is 6.69. The van der Waals surface area contributed by atoms with Crippen LogP contribution in [0.25, 0.3) is 21.5 Å². The molecule has 0 aliphatic rings. The van der Waals surface area contributed by atoms with E-state index in [9.17, 15) is 9.59 Å². The molecule has 0 radical (unpaired) electrons. The largest absolute Gasteiger partial charge is 0.484 e. The Kier molecular flexibility index (Phi) is 7.03. The normalized spacial score (nSPS) is 10.2. The van der Waals surface area contributed by atoms with Gasteiger partial charge < -0.3 is 14.9 Å². The first-order chi connectivity index (χ1) is 14.7. The van der Waals surface area contributed by atoms with Gasteiger partial charge in [0.15, 0.2) is 13.2 Å². The zero-order valence-electron chi connectivity index (χ0n) is 16.6. The Morgan fingerprint density at radius 1 is 0.581 bits per heavy atom. The fourth-order valence-corrected chi connectivity index (χ4v) is 3.02. The maximum Gasteiger partial charge on any atom is 0.276 e. The molecule has 158 valence electrons. The lowest BCUT2D eigenvalue weighted by Gasteiger charge is -2.10. The van der Waals surface area contributed by atoms with Crippen molar-refractivity contribution in [1.82, 2.24) is 10.9 Å². The predicted octanol–water partition coefficient (Wildman–Crippen LogP) is 2.77. The van der Waals surface area contributed by atoms with Crippen LogP contribution in [-0.2, 0) is 9.59 Å². The van der Waals surface area contributed by atoms with Gasteiger partial charge in [-0.05, 0) is 45.8 Å². The van der Waals surface area contributed by atoms with Crippen molar-refractivity contribution >= 4 is 33.4 Å². The lowest BCUT2D eigenvalue weighted by Crippen LogP contribution is -2.45. The number of ether oxygens (including phenoxy) is 2. The van der Waals surface area contributed by atoms with Crippen molar-refractivity contribution in [3.8, 4) is 11.5 Å². The standard InChI is InChI=1S/C24H20N2O4.H2O/c27-23(15-29-21-11-9-17-5-1-3-7-19(17)13-21)25-26-24(28)16-30-22-12-10-18-6-2-4-8-20(18)14-22;/h1-14H,15-16H2,(H,25,27)(H,26,28);1H2. The highest BCUT2D eigenvalue weighted by atomic mass is 16.5. The molecule has 0 aliphatic carbocycles. The summed E-state index contributed by atoms with van der Waals surface area (Å²) in [5.41, 5.74) is 4.62. The third-order valence-electron chi connectivity index (χ3n) is 4.52. The van der Waals surface area contributed by atoms with Gasteiger partial charge in [-0.1, -0.05) is 60.7 Å². The van der Waals surface area contributed by atoms with Gasteiger partial charge >= 0.3 is 0 Å². The van der Waals surface area contributed by atoms with Crippen molar-refractivity contribution in [2.24, 2.45) is 0 Å². The van der Waals surface area contributed by atoms with Crippen molar-refractivity contribution in [3.05, 3.63) is 84.9 Å². The van der Waals surface area contributed by atoms with E-state index in [0.717, 1.165) is 21.5 Å². The van der Waals surface area contributed by atoms with Gasteiger partial charge in [-0.3, -0.25) is 20.4 Å². The second kappa shape index (κ2) is 10.1. The number of rotatable bonds is 6. The third kappa shape index (κ3) is 5.71. The van der Waals surface area contributed by atoms with Gasteiger partial charge in [-0.15, -0.1) is 0 Å². The lowest BCUT2D eigenvalue weighted by atomic mass is 10.1. The number of hydrogen-bond acceptors (Lipinski definition) is 4. The van der Waals surface area contributed by atoms with E-state index in [0.29, 0.717) is 11.5 Å². The molecule has 4 aromatic carbocycles. The molecular formula is C24H22N2O5. The lowest BCUT2D eigenvalue weighted by molar-refractivity contribution is -0.131. The summed E-state index contributed by atoms with van der Waals surface area (Å²) >= 11 is 0. The quantitative estimate of drug-likeness (QED) is 0.469. The van der Waals surface area contributed by atoms with Crippen molar-refractivity contribution < 1.29 is 24.5 Å². The van der Waals surface area contributed by atoms with Crippen LogP contribution in [0.4, 0.5) is 0 Å². The van der Waals surface area contributed by atoms with E-state index in [2.05, 4.69) is 10.9 Å². The number of carbonyl (C=O) groups excluding carboxylic acids is 2. The average molecular weight is 418 g/mol. The molecule has 0 saturated carbocycles. The van der Waals surface area contributed by atoms with E-state index in [4.69, 9.17) is 9.47 Å². The molecule has 0 aromatic heterocycles. The van der Waals surface area contributed by atoms with Crippen molar-refractivity contribution in [3.63, 3.8) is 0 Å². The summed E-state index contributed by atoms with van der Waals surface area (Å²) in [7, 11) is 0. The summed E-state index contributed by atoms with van der Waals surface area (Å²) in [6, 6.07) is 26.9. The zero-order valence-corrected chi connectivity index (χ0v) is 16.6. The van der Waals surface area contributed by atoms with Gasteiger partial charge in [-0.2, -0.15) is 0 Å². The van der Waals surface area contributed by atoms with E-state index in [1.54, 1.807) is 12.1 Å². The summed E-state index contributed by atoms with van der Waals surface area (Å²) in [5, 5.41) is 4.23. The smallest absolute Gasteiger partial charge is 0.276 e. The van der Waals surface area contributed by atoms with Crippen LogP contribution >= 0.6 is 0 Å². The first kappa shape index (κ1) is 21.6. The molecule has 0 saturated heterocycles. The van der Waals surface area contributed by atoms with E-state index in [1.807, 2.05) is 72.8 Å². The summed E-state index contributed by atoms with van der Waals surface area (Å²) in [5.74, 6) is 0.217. The fourth-order valence-electron chi connectivity index (χ4n) is 3.02. The minimum atomic E-state index is -0.470. The Hall–Kier alpha value is -4.10. The fraction of sp³-hybridized carbons (Fsp3) is 0.0833. The van der Waals surface area contributed by atoms with Crippen LogP contribution in [0.2, 0.25) is 0 Å². The molecule has 4 rings (SSSR count). The minimum absolute atomic E-state index is 0. The van der Waals surface area contributed by atoms with Crippen LogP contribution in [0.15, 0.2) is 84.9 Å². The summed E-state index contributed by atoms with van der Waals surface area (Å²) in [6.45, 7) is -0.436. The molecule has 0 bridgehead atoms. The summed E-state index contributed by atoms with van der Waals surface area (Å²) in [6.07, 6.45) is 0. The van der Waals surface area contributed by atoms with Crippen LogP contribution in [0.1, 0.15) is 0 Å². The highest BCUT2D eigenvalue weighted by Gasteiger charge is 2.07. The second-order valence-corrected chi connectivity index (χ2v) is 6.69. The molecule has 0 atom stereocenters. The van der Waals surface area contributed by atoms with Crippen LogP contribution in [0.5, 0.6) is 11.5 Å². The van der Waals surface area contributed by atoms with Gasteiger partial charge in [0.05, 0.1) is 0 Å². The van der Waals surface area contributed by atoms with Gasteiger partial charge in [0.25, 0.3) is 11.8 Å². The number of fused-ring (bicyclic) bond motifs is 2. The molecule has 0 spiro atoms. The number of amides is 2. The van der Waals surface area contributed by atoms with E-state index < -0.39 is 11.8 Å². The first-order valence-corrected chi connectivity index (χ1v) is 9.48. The van der Waals surface area contributed by atoms with Gasteiger partial charge in [0.1, 0.15) is 11.5 Å². The maximum absolute atomic E-state index is 11.9. The topological polar surface area (TPSA) is 108 Å². The van der Waals surface area contributed by atoms with Crippen LogP contribution in [-0.4, -0.2) is 30.5 Å². The number of hydrogen-bond donors (Lipinski definition) is 2. The maximum atomic E-state index is 11.9. The number of nitrogens with one attached hydrogen (secondary N) is 2. The predicted molar refractivity (Wildman–Crippen MR) is 119 cm³/mol. The Morgan fingerprint density at radius 2 is 0.968 bits per heavy atom. The first-order valence-electron chi connectivity index (χ1n) is 9.48. The van der Waals surface area contributed by atoms with Gasteiger partial charge in [-0.25, -0.2) is 0 Å². The Bertz CT molecular complexity index is 1110. The van der Waals surface area contributed by atoms with Crippen LogP contribution in [0, 0.1) is 0 Å². The van der Waals surface area contributed by atoms with Crippen molar-refractivity contribution in [2.45, 2.75) is 0 Å². The van der Waals surface area contributed by atoms with Crippen LogP contribution in [0.3, 0.4) is 0 Å². The molecule has 7 heteroatoms. The van der Waals surface area contributed by atoms with Gasteiger partial charge in [0.2, 0.25) is 0 Å². The molecule has 7 nitrogen and oxygen atoms in total. The van der Waals surface area contributed by atoms with E-state index >= 15 is 0 Å². The van der Waals surface area contributed by atoms with E-state index in [1.165, 1.54) is 0 Å². The Labute approximate surface area is 178 Å². The molecule has 0 fully saturated rings. The highest BCUT2D eigenvalue weighted by Crippen LogP contribution is 2.21. The monoisotopic (exact) mass is 418 g/mol. The third-order valence-corrected chi connectivity index (χ3v) is 4.52. The number of carbonyl (C=O) groups is 2. The molecule has 4 aromatic rings. The minimum Gasteiger partial charge on any atom is -0.484 e. The molecule has 31 heavy (non-hydrogen) atoms. The number of benzene rings is 4. The van der Waals surface area contributed by atoms with Gasteiger partial charge in [0, 0.05) is 0 Å². The van der Waals surface area contributed by atoms with Crippen molar-refractivity contribution in [2.75, 3.05) is 13.2 Å². The highest BCUT2D eigenvalue weighted by molar-refractivity contribution is 5.86. The summed E-state index contributed by atoms with van der Waals surface area (Å²) in [4.78, 5) is 23.8. The molecular weight excluding hydrogens is 396 g/mol. The molecule has 4 N–H and O–H groups in total. The van der Waals surface area contributed by atoms with E-state index in [-0.39, 0.29) is 18.7 Å². The molecule has 0 unspecified atom stereocenters. The van der Waals surface area contributed by atoms with Crippen molar-refractivity contribution in [1.29, 1.82) is 0 Å². The Morgan fingerprint density at radius 3 is 1.39 bits per heavy atom. The molecule has 0 heterocycles. The van der Waals surface area contributed by atoms with Crippen LogP contribution < -0.4 is 20.3 Å². The molecule has 2 amide bonds. The Balaban J connectivity index is 0.00000272.